The third-order valence-corrected chi connectivity index (χ3v) is 2.79. The van der Waals surface area contributed by atoms with Crippen LogP contribution in [0.2, 0.25) is 0 Å². The molecule has 2 rings (SSSR count). The average molecular weight is 225 g/mol. The smallest absolute Gasteiger partial charge is 0.132 e. The van der Waals surface area contributed by atoms with Crippen LogP contribution in [0, 0.1) is 5.82 Å². The number of nitrogens with one attached hydrogen (secondary N) is 1. The number of fused-ring (bicyclic) bond motifs is 1. The van der Waals surface area contributed by atoms with Crippen LogP contribution in [0.25, 0.3) is 0 Å². The van der Waals surface area contributed by atoms with E-state index in [0.717, 1.165) is 18.4 Å². The molecular formula is C12H16FNO2. The van der Waals surface area contributed by atoms with E-state index in [0.29, 0.717) is 18.9 Å². The van der Waals surface area contributed by atoms with Gasteiger partial charge in [-0.25, -0.2) is 4.39 Å². The van der Waals surface area contributed by atoms with Crippen molar-refractivity contribution in [3.63, 3.8) is 0 Å². The highest BCUT2D eigenvalue weighted by molar-refractivity contribution is 5.45. The lowest BCUT2D eigenvalue weighted by Crippen LogP contribution is -2.20. The summed E-state index contributed by atoms with van der Waals surface area (Å²) in [4.78, 5) is 0. The second-order valence-corrected chi connectivity index (χ2v) is 3.97. The standard InChI is InChI=1S/C12H16FNO2/c1-14-7-10(15)11-9(13)5-4-8-3-2-6-16-12(8)11/h4-5,10,14-15H,2-3,6-7H2,1H3. The molecule has 0 fully saturated rings. The van der Waals surface area contributed by atoms with Crippen molar-refractivity contribution in [2.24, 2.45) is 0 Å². The van der Waals surface area contributed by atoms with Gasteiger partial charge in [-0.15, -0.1) is 0 Å². The summed E-state index contributed by atoms with van der Waals surface area (Å²) >= 11 is 0. The lowest BCUT2D eigenvalue weighted by molar-refractivity contribution is 0.163. The largest absolute Gasteiger partial charge is 0.493 e. The maximum absolute atomic E-state index is 13.7. The SMILES string of the molecule is CNCC(O)c1c(F)ccc2c1OCCC2. The molecule has 3 nitrogen and oxygen atoms in total. The number of aryl methyl sites for hydroxylation is 1. The molecule has 0 amide bonds. The van der Waals surface area contributed by atoms with Gasteiger partial charge < -0.3 is 15.2 Å². The number of hydrogen-bond acceptors (Lipinski definition) is 3. The molecule has 0 saturated heterocycles. The average Bonchev–Trinajstić information content (AvgIpc) is 2.29. The van der Waals surface area contributed by atoms with E-state index in [9.17, 15) is 9.50 Å². The molecule has 1 aromatic rings. The molecule has 1 atom stereocenters. The Labute approximate surface area is 94.2 Å². The zero-order chi connectivity index (χ0) is 11.5. The van der Waals surface area contributed by atoms with Crippen LogP contribution < -0.4 is 10.1 Å². The van der Waals surface area contributed by atoms with Crippen LogP contribution in [0.15, 0.2) is 12.1 Å². The van der Waals surface area contributed by atoms with Gasteiger partial charge in [0.25, 0.3) is 0 Å². The minimum atomic E-state index is -0.863. The van der Waals surface area contributed by atoms with Crippen LogP contribution in [0.4, 0.5) is 4.39 Å². The molecule has 1 heterocycles. The molecule has 16 heavy (non-hydrogen) atoms. The zero-order valence-electron chi connectivity index (χ0n) is 9.29. The molecule has 4 heteroatoms. The number of ether oxygens (including phenoxy) is 1. The number of aliphatic hydroxyl groups is 1. The normalized spacial score (nSPS) is 16.4. The summed E-state index contributed by atoms with van der Waals surface area (Å²) in [7, 11) is 1.72. The second kappa shape index (κ2) is 4.80. The Morgan fingerprint density at radius 3 is 3.12 bits per heavy atom. The molecule has 1 aromatic carbocycles. The maximum Gasteiger partial charge on any atom is 0.132 e. The van der Waals surface area contributed by atoms with Crippen molar-refractivity contribution in [1.82, 2.24) is 5.32 Å². The van der Waals surface area contributed by atoms with Gasteiger partial charge in [-0.05, 0) is 31.5 Å². The van der Waals surface area contributed by atoms with Crippen LogP contribution in [0.1, 0.15) is 23.7 Å². The summed E-state index contributed by atoms with van der Waals surface area (Å²) in [5.41, 5.74) is 1.27. The number of benzene rings is 1. The third kappa shape index (κ3) is 2.03. The molecule has 2 N–H and O–H groups in total. The minimum Gasteiger partial charge on any atom is -0.493 e. The summed E-state index contributed by atoms with van der Waals surface area (Å²) in [5, 5.41) is 12.7. The van der Waals surface area contributed by atoms with Gasteiger partial charge in [0.05, 0.1) is 18.3 Å². The molecule has 0 bridgehead atoms. The molecular weight excluding hydrogens is 209 g/mol. The Bertz CT molecular complexity index is 382. The van der Waals surface area contributed by atoms with Crippen molar-refractivity contribution in [3.05, 3.63) is 29.1 Å². The Hall–Kier alpha value is -1.13. The molecule has 0 saturated carbocycles. The number of halogens is 1. The van der Waals surface area contributed by atoms with Gasteiger partial charge in [0.1, 0.15) is 11.6 Å². The Balaban J connectivity index is 2.41. The van der Waals surface area contributed by atoms with Gasteiger partial charge in [0.2, 0.25) is 0 Å². The quantitative estimate of drug-likeness (QED) is 0.817. The van der Waals surface area contributed by atoms with Crippen molar-refractivity contribution >= 4 is 0 Å². The topological polar surface area (TPSA) is 41.5 Å². The van der Waals surface area contributed by atoms with E-state index in [1.807, 2.05) is 0 Å². The van der Waals surface area contributed by atoms with E-state index in [1.165, 1.54) is 6.07 Å². The molecule has 0 aliphatic carbocycles. The van der Waals surface area contributed by atoms with Crippen LogP contribution >= 0.6 is 0 Å². The predicted octanol–water partition coefficient (Wildman–Crippen LogP) is 1.40. The van der Waals surface area contributed by atoms with Gasteiger partial charge in [-0.2, -0.15) is 0 Å². The molecule has 1 unspecified atom stereocenters. The highest BCUT2D eigenvalue weighted by atomic mass is 19.1. The van der Waals surface area contributed by atoms with E-state index in [1.54, 1.807) is 13.1 Å². The Kier molecular flexibility index (Phi) is 3.41. The highest BCUT2D eigenvalue weighted by Crippen LogP contribution is 2.34. The highest BCUT2D eigenvalue weighted by Gasteiger charge is 2.23. The van der Waals surface area contributed by atoms with Gasteiger partial charge in [-0.1, -0.05) is 6.07 Å². The van der Waals surface area contributed by atoms with Gasteiger partial charge in [0, 0.05) is 6.54 Å². The Morgan fingerprint density at radius 1 is 1.56 bits per heavy atom. The van der Waals surface area contributed by atoms with Crippen LogP contribution in [-0.4, -0.2) is 25.3 Å². The first kappa shape index (κ1) is 11.4. The number of aliphatic hydroxyl groups excluding tert-OH is 1. The Morgan fingerprint density at radius 2 is 2.38 bits per heavy atom. The fourth-order valence-electron chi connectivity index (χ4n) is 2.03. The summed E-state index contributed by atoms with van der Waals surface area (Å²) in [6.07, 6.45) is 0.966. The van der Waals surface area contributed by atoms with E-state index >= 15 is 0 Å². The zero-order valence-corrected chi connectivity index (χ0v) is 9.29. The summed E-state index contributed by atoms with van der Waals surface area (Å²) < 4.78 is 19.2. The van der Waals surface area contributed by atoms with Crippen molar-refractivity contribution < 1.29 is 14.2 Å². The number of rotatable bonds is 3. The lowest BCUT2D eigenvalue weighted by atomic mass is 9.98. The van der Waals surface area contributed by atoms with E-state index in [2.05, 4.69) is 5.32 Å². The van der Waals surface area contributed by atoms with Crippen molar-refractivity contribution in [2.45, 2.75) is 18.9 Å². The van der Waals surface area contributed by atoms with Crippen LogP contribution in [0.5, 0.6) is 5.75 Å². The molecule has 0 radical (unpaired) electrons. The molecule has 1 aliphatic heterocycles. The van der Waals surface area contributed by atoms with E-state index in [-0.39, 0.29) is 5.56 Å². The first-order valence-corrected chi connectivity index (χ1v) is 5.50. The van der Waals surface area contributed by atoms with Gasteiger partial charge in [0.15, 0.2) is 0 Å². The molecule has 0 aromatic heterocycles. The fraction of sp³-hybridized carbons (Fsp3) is 0.500. The van der Waals surface area contributed by atoms with Crippen molar-refractivity contribution in [3.8, 4) is 5.75 Å². The summed E-state index contributed by atoms with van der Waals surface area (Å²) in [5.74, 6) is 0.136. The van der Waals surface area contributed by atoms with Gasteiger partial charge in [-0.3, -0.25) is 0 Å². The van der Waals surface area contributed by atoms with Crippen LogP contribution in [-0.2, 0) is 6.42 Å². The number of hydrogen-bond donors (Lipinski definition) is 2. The van der Waals surface area contributed by atoms with Crippen molar-refractivity contribution in [2.75, 3.05) is 20.2 Å². The third-order valence-electron chi connectivity index (χ3n) is 2.79. The molecule has 1 aliphatic rings. The molecule has 88 valence electrons. The fourth-order valence-corrected chi connectivity index (χ4v) is 2.03. The van der Waals surface area contributed by atoms with E-state index in [4.69, 9.17) is 4.74 Å². The maximum atomic E-state index is 13.7. The van der Waals surface area contributed by atoms with Crippen LogP contribution in [0.3, 0.4) is 0 Å². The first-order chi connectivity index (χ1) is 7.74. The summed E-state index contributed by atoms with van der Waals surface area (Å²) in [6.45, 7) is 0.909. The second-order valence-electron chi connectivity index (χ2n) is 3.97. The van der Waals surface area contributed by atoms with Crippen molar-refractivity contribution in [1.29, 1.82) is 0 Å². The predicted molar refractivity (Wildman–Crippen MR) is 59.1 cm³/mol. The monoisotopic (exact) mass is 225 g/mol. The lowest BCUT2D eigenvalue weighted by Gasteiger charge is -2.23. The first-order valence-electron chi connectivity index (χ1n) is 5.50. The number of likely N-dealkylation sites (N-methyl/N-ethyl adjacent to an activating group) is 1. The minimum absolute atomic E-state index is 0.284. The molecule has 0 spiro atoms. The summed E-state index contributed by atoms with van der Waals surface area (Å²) in [6, 6.07) is 3.14. The van der Waals surface area contributed by atoms with Gasteiger partial charge >= 0.3 is 0 Å². The van der Waals surface area contributed by atoms with E-state index < -0.39 is 11.9 Å².